The van der Waals surface area contributed by atoms with Gasteiger partial charge < -0.3 is 25.2 Å². The molecule has 11 heteroatoms. The van der Waals surface area contributed by atoms with Crippen molar-refractivity contribution >= 4 is 23.7 Å². The van der Waals surface area contributed by atoms with E-state index in [0.29, 0.717) is 38.2 Å². The van der Waals surface area contributed by atoms with Crippen molar-refractivity contribution in [2.24, 2.45) is 23.7 Å². The van der Waals surface area contributed by atoms with Crippen LogP contribution in [0.1, 0.15) is 46.0 Å². The minimum absolute atomic E-state index is 0.00602. The quantitative estimate of drug-likeness (QED) is 0.480. The second-order valence-electron chi connectivity index (χ2n) is 13.7. The SMILES string of the molecule is C=CC(=O)N1CCN2C(CSC3C(F)C4CC5C3C2NC(=O)N5C2C(CCNC2C(C)C)OC2CCCC(F)C24)C1. The second-order valence-corrected chi connectivity index (χ2v) is 14.9. The van der Waals surface area contributed by atoms with Crippen LogP contribution in [-0.2, 0) is 9.53 Å². The highest BCUT2D eigenvalue weighted by atomic mass is 32.2. The molecule has 0 radical (unpaired) electrons. The van der Waals surface area contributed by atoms with E-state index in [4.69, 9.17) is 4.74 Å². The minimum Gasteiger partial charge on any atom is -0.372 e. The molecule has 7 rings (SSSR count). The summed E-state index contributed by atoms with van der Waals surface area (Å²) in [6, 6.07) is -0.462. The molecule has 13 atom stereocenters. The number of halogens is 2. The third-order valence-electron chi connectivity index (χ3n) is 11.4. The number of alkyl halides is 2. The standard InChI is InChI=1S/C30H45F2N5O3S/c1-4-22(38)35-10-11-36-16(13-35)14-41-28-24-19-12-17(25(28)32)23-18(31)6-5-7-20(23)40-21-8-9-33-26(15(2)3)27(21)37(19)30(39)34-29(24)36/h4,15-21,23-29,33H,1,5-14H2,2-3H3,(H,34,39). The number of amides is 3. The number of carbonyl (C=O) groups is 2. The van der Waals surface area contributed by atoms with Crippen LogP contribution in [0.3, 0.4) is 0 Å². The van der Waals surface area contributed by atoms with Crippen LogP contribution in [0.15, 0.2) is 12.7 Å². The van der Waals surface area contributed by atoms with Gasteiger partial charge in [-0.1, -0.05) is 20.4 Å². The maximum Gasteiger partial charge on any atom is 0.319 e. The topological polar surface area (TPSA) is 77.2 Å². The summed E-state index contributed by atoms with van der Waals surface area (Å²) in [7, 11) is 0. The van der Waals surface area contributed by atoms with Crippen molar-refractivity contribution in [3.8, 4) is 0 Å². The van der Waals surface area contributed by atoms with Gasteiger partial charge in [0.1, 0.15) is 12.3 Å². The predicted octanol–water partition coefficient (Wildman–Crippen LogP) is 2.79. The van der Waals surface area contributed by atoms with Crippen LogP contribution in [0, 0.1) is 23.7 Å². The van der Waals surface area contributed by atoms with Crippen molar-refractivity contribution in [2.45, 2.75) is 106 Å². The maximum absolute atomic E-state index is 17.0. The van der Waals surface area contributed by atoms with Gasteiger partial charge in [0.25, 0.3) is 0 Å². The largest absolute Gasteiger partial charge is 0.372 e. The van der Waals surface area contributed by atoms with Crippen LogP contribution in [0.2, 0.25) is 0 Å². The first-order chi connectivity index (χ1) is 19.8. The Morgan fingerprint density at radius 1 is 1.17 bits per heavy atom. The van der Waals surface area contributed by atoms with E-state index in [1.807, 2.05) is 9.80 Å². The third-order valence-corrected chi connectivity index (χ3v) is 12.9. The highest BCUT2D eigenvalue weighted by Crippen LogP contribution is 2.53. The molecular formula is C30H45F2N5O3S. The number of nitrogens with zero attached hydrogens (tertiary/aromatic N) is 3. The zero-order chi connectivity index (χ0) is 28.6. The normalized spacial score (nSPS) is 47.9. The molecule has 7 aliphatic rings. The first-order valence-corrected chi connectivity index (χ1v) is 16.9. The van der Waals surface area contributed by atoms with Gasteiger partial charge in [0.15, 0.2) is 0 Å². The number of thioether (sulfide) groups is 1. The molecular weight excluding hydrogens is 548 g/mol. The van der Waals surface area contributed by atoms with Gasteiger partial charge in [0.05, 0.1) is 24.4 Å². The average Bonchev–Trinajstić information content (AvgIpc) is 3.08. The molecule has 3 amide bonds. The predicted molar refractivity (Wildman–Crippen MR) is 154 cm³/mol. The summed E-state index contributed by atoms with van der Waals surface area (Å²) < 4.78 is 39.8. The van der Waals surface area contributed by atoms with Gasteiger partial charge >= 0.3 is 6.03 Å². The molecule has 0 aromatic heterocycles. The molecule has 5 saturated heterocycles. The van der Waals surface area contributed by atoms with Crippen LogP contribution >= 0.6 is 11.8 Å². The second kappa shape index (κ2) is 10.9. The minimum atomic E-state index is -1.18. The number of nitrogens with one attached hydrogen (secondary N) is 2. The highest BCUT2D eigenvalue weighted by molar-refractivity contribution is 8.00. The molecule has 2 saturated carbocycles. The van der Waals surface area contributed by atoms with E-state index in [0.717, 1.165) is 25.8 Å². The van der Waals surface area contributed by atoms with Crippen molar-refractivity contribution in [3.63, 3.8) is 0 Å². The van der Waals surface area contributed by atoms with Gasteiger partial charge in [-0.2, -0.15) is 11.8 Å². The molecule has 0 aromatic carbocycles. The Hall–Kier alpha value is -1.43. The number of rotatable bonds is 2. The summed E-state index contributed by atoms with van der Waals surface area (Å²) in [6.07, 6.45) is 1.43. The van der Waals surface area contributed by atoms with Crippen LogP contribution in [0.25, 0.3) is 0 Å². The van der Waals surface area contributed by atoms with Gasteiger partial charge in [0, 0.05) is 66.5 Å². The van der Waals surface area contributed by atoms with Crippen molar-refractivity contribution in [3.05, 3.63) is 12.7 Å². The number of fused-ring (bicyclic) bond motifs is 7. The van der Waals surface area contributed by atoms with Crippen molar-refractivity contribution in [2.75, 3.05) is 31.9 Å². The number of piperidine rings is 1. The molecule has 5 aliphatic heterocycles. The van der Waals surface area contributed by atoms with Crippen molar-refractivity contribution < 1.29 is 23.1 Å². The number of piperazine rings is 1. The Labute approximate surface area is 246 Å². The summed E-state index contributed by atoms with van der Waals surface area (Å²) in [5.74, 6) is -0.261. The van der Waals surface area contributed by atoms with Gasteiger partial charge in [-0.05, 0) is 50.6 Å². The van der Waals surface area contributed by atoms with E-state index in [-0.39, 0.29) is 71.6 Å². The van der Waals surface area contributed by atoms with E-state index in [9.17, 15) is 9.59 Å². The van der Waals surface area contributed by atoms with Crippen LogP contribution in [0.4, 0.5) is 13.6 Å². The molecule has 0 aromatic rings. The maximum atomic E-state index is 17.0. The average molecular weight is 594 g/mol. The van der Waals surface area contributed by atoms with E-state index in [1.54, 1.807) is 11.8 Å². The molecule has 2 N–H and O–H groups in total. The third kappa shape index (κ3) is 4.54. The van der Waals surface area contributed by atoms with Gasteiger partial charge in [0.2, 0.25) is 5.91 Å². The fourth-order valence-electron chi connectivity index (χ4n) is 9.65. The zero-order valence-electron chi connectivity index (χ0n) is 24.2. The highest BCUT2D eigenvalue weighted by Gasteiger charge is 2.63. The number of ether oxygens (including phenoxy) is 1. The molecule has 13 unspecified atom stereocenters. The Kier molecular flexibility index (Phi) is 7.56. The molecule has 2 bridgehead atoms. The lowest BCUT2D eigenvalue weighted by Gasteiger charge is -2.59. The molecule has 7 fully saturated rings. The van der Waals surface area contributed by atoms with E-state index >= 15 is 8.78 Å². The van der Waals surface area contributed by atoms with Crippen LogP contribution < -0.4 is 10.6 Å². The zero-order valence-corrected chi connectivity index (χ0v) is 25.0. The Balaban J connectivity index is 1.32. The summed E-state index contributed by atoms with van der Waals surface area (Å²) in [4.78, 5) is 33.0. The number of urea groups is 1. The summed E-state index contributed by atoms with van der Waals surface area (Å²) in [5, 5.41) is 6.71. The smallest absolute Gasteiger partial charge is 0.319 e. The summed E-state index contributed by atoms with van der Waals surface area (Å²) in [6.45, 7) is 10.5. The Morgan fingerprint density at radius 3 is 2.78 bits per heavy atom. The van der Waals surface area contributed by atoms with Crippen molar-refractivity contribution in [1.82, 2.24) is 25.3 Å². The van der Waals surface area contributed by atoms with Crippen molar-refractivity contribution in [1.29, 1.82) is 0 Å². The summed E-state index contributed by atoms with van der Waals surface area (Å²) >= 11 is 1.64. The molecule has 0 spiro atoms. The first-order valence-electron chi connectivity index (χ1n) is 15.8. The van der Waals surface area contributed by atoms with E-state index < -0.39 is 24.2 Å². The number of hydrogen-bond donors (Lipinski definition) is 2. The molecule has 8 nitrogen and oxygen atoms in total. The van der Waals surface area contributed by atoms with Gasteiger partial charge in [-0.25, -0.2) is 13.6 Å². The molecule has 5 heterocycles. The molecule has 41 heavy (non-hydrogen) atoms. The Bertz CT molecular complexity index is 1050. The lowest BCUT2D eigenvalue weighted by Crippen LogP contribution is -2.77. The fourth-order valence-corrected chi connectivity index (χ4v) is 11.3. The summed E-state index contributed by atoms with van der Waals surface area (Å²) in [5.41, 5.74) is 0. The molecule has 228 valence electrons. The Morgan fingerprint density at radius 2 is 2.00 bits per heavy atom. The van der Waals surface area contributed by atoms with Crippen LogP contribution in [0.5, 0.6) is 0 Å². The molecule has 2 aliphatic carbocycles. The number of carbonyl (C=O) groups excluding carboxylic acids is 2. The van der Waals surface area contributed by atoms with Gasteiger partial charge in [-0.15, -0.1) is 0 Å². The lowest BCUT2D eigenvalue weighted by molar-refractivity contribution is -0.131. The van der Waals surface area contributed by atoms with E-state index in [2.05, 4.69) is 36.0 Å². The van der Waals surface area contributed by atoms with Gasteiger partial charge in [-0.3, -0.25) is 9.69 Å². The number of hydrogen-bond acceptors (Lipinski definition) is 6. The van der Waals surface area contributed by atoms with Crippen LogP contribution in [-0.4, -0.2) is 119 Å². The van der Waals surface area contributed by atoms with E-state index in [1.165, 1.54) is 6.08 Å². The fraction of sp³-hybridized carbons (Fsp3) is 0.867. The first kappa shape index (κ1) is 28.3. The lowest BCUT2D eigenvalue weighted by atomic mass is 9.64. The monoisotopic (exact) mass is 593 g/mol.